The SMILES string of the molecule is CC(CN(C(=O)C1CC(=O)Nc2cc(F)ccc21)C1CC1)C(=O)O. The van der Waals surface area contributed by atoms with Gasteiger partial charge in [0.05, 0.1) is 11.8 Å². The van der Waals surface area contributed by atoms with Crippen LogP contribution in [0.5, 0.6) is 0 Å². The molecule has 2 atom stereocenters. The van der Waals surface area contributed by atoms with E-state index >= 15 is 0 Å². The number of nitrogens with zero attached hydrogens (tertiary/aromatic N) is 1. The van der Waals surface area contributed by atoms with Crippen LogP contribution in [0.25, 0.3) is 0 Å². The van der Waals surface area contributed by atoms with E-state index < -0.39 is 23.6 Å². The van der Waals surface area contributed by atoms with Crippen molar-refractivity contribution in [2.24, 2.45) is 5.92 Å². The van der Waals surface area contributed by atoms with Gasteiger partial charge in [-0.25, -0.2) is 4.39 Å². The first-order chi connectivity index (χ1) is 11.4. The maximum Gasteiger partial charge on any atom is 0.308 e. The van der Waals surface area contributed by atoms with E-state index in [4.69, 9.17) is 5.11 Å². The zero-order chi connectivity index (χ0) is 17.4. The number of hydrogen-bond acceptors (Lipinski definition) is 3. The van der Waals surface area contributed by atoms with Gasteiger partial charge in [0.1, 0.15) is 5.82 Å². The summed E-state index contributed by atoms with van der Waals surface area (Å²) in [6.45, 7) is 1.68. The van der Waals surface area contributed by atoms with Crippen molar-refractivity contribution < 1.29 is 23.9 Å². The minimum absolute atomic E-state index is 0.0118. The van der Waals surface area contributed by atoms with E-state index in [9.17, 15) is 18.8 Å². The van der Waals surface area contributed by atoms with Crippen molar-refractivity contribution in [2.45, 2.75) is 38.1 Å². The standard InChI is InChI=1S/C17H19FN2O4/c1-9(17(23)24)8-20(11-3-4-11)16(22)13-7-15(21)19-14-6-10(18)2-5-12(13)14/h2,5-6,9,11,13H,3-4,7-8H2,1H3,(H,19,21)(H,23,24). The first-order valence-electron chi connectivity index (χ1n) is 7.99. The van der Waals surface area contributed by atoms with Crippen LogP contribution in [-0.2, 0) is 14.4 Å². The minimum Gasteiger partial charge on any atom is -0.481 e. The van der Waals surface area contributed by atoms with Crippen molar-refractivity contribution in [1.29, 1.82) is 0 Å². The topological polar surface area (TPSA) is 86.7 Å². The highest BCUT2D eigenvalue weighted by Gasteiger charge is 2.40. The Kier molecular flexibility index (Phi) is 4.26. The van der Waals surface area contributed by atoms with E-state index in [1.165, 1.54) is 18.2 Å². The van der Waals surface area contributed by atoms with Crippen LogP contribution in [0, 0.1) is 11.7 Å². The Morgan fingerprint density at radius 3 is 2.75 bits per heavy atom. The number of fused-ring (bicyclic) bond motifs is 1. The highest BCUT2D eigenvalue weighted by molar-refractivity contribution is 6.01. The molecular formula is C17H19FN2O4. The van der Waals surface area contributed by atoms with Crippen molar-refractivity contribution in [3.05, 3.63) is 29.6 Å². The fraction of sp³-hybridized carbons (Fsp3) is 0.471. The van der Waals surface area contributed by atoms with E-state index in [2.05, 4.69) is 5.32 Å². The number of benzene rings is 1. The van der Waals surface area contributed by atoms with Crippen molar-refractivity contribution in [3.8, 4) is 0 Å². The quantitative estimate of drug-likeness (QED) is 0.862. The normalized spacial score (nSPS) is 20.8. The molecule has 0 spiro atoms. The lowest BCUT2D eigenvalue weighted by Crippen LogP contribution is -2.43. The Bertz CT molecular complexity index is 702. The summed E-state index contributed by atoms with van der Waals surface area (Å²) in [6.07, 6.45) is 1.67. The molecule has 7 heteroatoms. The lowest BCUT2D eigenvalue weighted by Gasteiger charge is -2.31. The van der Waals surface area contributed by atoms with Gasteiger partial charge in [0.25, 0.3) is 0 Å². The third-order valence-corrected chi connectivity index (χ3v) is 4.52. The molecule has 1 saturated carbocycles. The lowest BCUT2D eigenvalue weighted by molar-refractivity contribution is -0.144. The molecule has 0 aromatic heterocycles. The van der Waals surface area contributed by atoms with Crippen LogP contribution in [-0.4, -0.2) is 40.4 Å². The molecule has 0 radical (unpaired) electrons. The highest BCUT2D eigenvalue weighted by Crippen LogP contribution is 2.37. The second-order valence-electron chi connectivity index (χ2n) is 6.50. The summed E-state index contributed by atoms with van der Waals surface area (Å²) in [7, 11) is 0. The van der Waals surface area contributed by atoms with Crippen LogP contribution in [0.3, 0.4) is 0 Å². The second kappa shape index (κ2) is 6.22. The number of carbonyl (C=O) groups excluding carboxylic acids is 2. The predicted octanol–water partition coefficient (Wildman–Crippen LogP) is 1.96. The van der Waals surface area contributed by atoms with Crippen molar-refractivity contribution in [1.82, 2.24) is 4.90 Å². The zero-order valence-electron chi connectivity index (χ0n) is 13.3. The van der Waals surface area contributed by atoms with Crippen LogP contribution < -0.4 is 5.32 Å². The molecule has 1 aliphatic carbocycles. The Labute approximate surface area is 138 Å². The number of carboxylic acids is 1. The molecule has 0 saturated heterocycles. The summed E-state index contributed by atoms with van der Waals surface area (Å²) in [4.78, 5) is 37.6. The van der Waals surface area contributed by atoms with Crippen LogP contribution in [0.1, 0.15) is 37.7 Å². The van der Waals surface area contributed by atoms with Gasteiger partial charge in [-0.05, 0) is 30.5 Å². The molecule has 2 unspecified atom stereocenters. The number of anilines is 1. The minimum atomic E-state index is -0.961. The molecule has 0 bridgehead atoms. The van der Waals surface area contributed by atoms with Crippen molar-refractivity contribution >= 4 is 23.5 Å². The molecule has 1 heterocycles. The van der Waals surface area contributed by atoms with Crippen molar-refractivity contribution in [3.63, 3.8) is 0 Å². The fourth-order valence-corrected chi connectivity index (χ4v) is 3.04. The van der Waals surface area contributed by atoms with E-state index in [1.54, 1.807) is 11.8 Å². The summed E-state index contributed by atoms with van der Waals surface area (Å²) in [6, 6.07) is 4.01. The maximum absolute atomic E-state index is 13.4. The van der Waals surface area contributed by atoms with Gasteiger partial charge in [-0.3, -0.25) is 14.4 Å². The van der Waals surface area contributed by atoms with Gasteiger partial charge in [-0.2, -0.15) is 0 Å². The molecule has 1 aromatic rings. The monoisotopic (exact) mass is 334 g/mol. The van der Waals surface area contributed by atoms with Gasteiger partial charge in [0.2, 0.25) is 11.8 Å². The Morgan fingerprint density at radius 2 is 2.12 bits per heavy atom. The number of halogens is 1. The number of amides is 2. The predicted molar refractivity (Wildman–Crippen MR) is 83.9 cm³/mol. The van der Waals surface area contributed by atoms with Gasteiger partial charge in [0, 0.05) is 24.7 Å². The third-order valence-electron chi connectivity index (χ3n) is 4.52. The molecule has 1 aliphatic heterocycles. The Balaban J connectivity index is 1.88. The van der Waals surface area contributed by atoms with Gasteiger partial charge in [0.15, 0.2) is 0 Å². The first kappa shape index (κ1) is 16.4. The van der Waals surface area contributed by atoms with Crippen LogP contribution in [0.2, 0.25) is 0 Å². The molecule has 2 amide bonds. The van der Waals surface area contributed by atoms with E-state index in [0.29, 0.717) is 11.3 Å². The molecular weight excluding hydrogens is 315 g/mol. The molecule has 6 nitrogen and oxygen atoms in total. The largest absolute Gasteiger partial charge is 0.481 e. The van der Waals surface area contributed by atoms with Crippen LogP contribution in [0.4, 0.5) is 10.1 Å². The first-order valence-corrected chi connectivity index (χ1v) is 7.99. The van der Waals surface area contributed by atoms with Crippen LogP contribution >= 0.6 is 0 Å². The summed E-state index contributed by atoms with van der Waals surface area (Å²) in [5.41, 5.74) is 0.890. The highest BCUT2D eigenvalue weighted by atomic mass is 19.1. The van der Waals surface area contributed by atoms with E-state index in [0.717, 1.165) is 12.8 Å². The number of rotatable bonds is 5. The second-order valence-corrected chi connectivity index (χ2v) is 6.50. The zero-order valence-corrected chi connectivity index (χ0v) is 13.3. The van der Waals surface area contributed by atoms with E-state index in [1.807, 2.05) is 0 Å². The molecule has 3 rings (SSSR count). The van der Waals surface area contributed by atoms with Gasteiger partial charge >= 0.3 is 5.97 Å². The lowest BCUT2D eigenvalue weighted by atomic mass is 9.89. The number of carboxylic acid groups (broad SMARTS) is 1. The average Bonchev–Trinajstić information content (AvgIpc) is 3.35. The summed E-state index contributed by atoms with van der Waals surface area (Å²) < 4.78 is 13.4. The summed E-state index contributed by atoms with van der Waals surface area (Å²) >= 11 is 0. The van der Waals surface area contributed by atoms with Crippen molar-refractivity contribution in [2.75, 3.05) is 11.9 Å². The Hall–Kier alpha value is -2.44. The number of carbonyl (C=O) groups is 3. The molecule has 2 aliphatic rings. The van der Waals surface area contributed by atoms with Crippen LogP contribution in [0.15, 0.2) is 18.2 Å². The number of hydrogen-bond donors (Lipinski definition) is 2. The molecule has 1 fully saturated rings. The van der Waals surface area contributed by atoms with Gasteiger partial charge < -0.3 is 15.3 Å². The van der Waals surface area contributed by atoms with Gasteiger partial charge in [-0.15, -0.1) is 0 Å². The number of aliphatic carboxylic acids is 1. The molecule has 128 valence electrons. The smallest absolute Gasteiger partial charge is 0.308 e. The third kappa shape index (κ3) is 3.25. The maximum atomic E-state index is 13.4. The molecule has 2 N–H and O–H groups in total. The summed E-state index contributed by atoms with van der Waals surface area (Å²) in [5.74, 6) is -3.42. The average molecular weight is 334 g/mol. The molecule has 24 heavy (non-hydrogen) atoms. The summed E-state index contributed by atoms with van der Waals surface area (Å²) in [5, 5.41) is 11.7. The fourth-order valence-electron chi connectivity index (χ4n) is 3.04. The molecule has 1 aromatic carbocycles. The van der Waals surface area contributed by atoms with E-state index in [-0.39, 0.29) is 30.8 Å². The van der Waals surface area contributed by atoms with Gasteiger partial charge in [-0.1, -0.05) is 13.0 Å². The number of nitrogens with one attached hydrogen (secondary N) is 1. The Morgan fingerprint density at radius 1 is 1.42 bits per heavy atom.